The van der Waals surface area contributed by atoms with Crippen molar-refractivity contribution in [2.24, 2.45) is 0 Å². The van der Waals surface area contributed by atoms with Crippen LogP contribution in [0.5, 0.6) is 0 Å². The van der Waals surface area contributed by atoms with Gasteiger partial charge in [0.2, 0.25) is 11.8 Å². The molecule has 1 atom stereocenters. The summed E-state index contributed by atoms with van der Waals surface area (Å²) in [4.78, 5) is 32.0. The van der Waals surface area contributed by atoms with E-state index < -0.39 is 0 Å². The van der Waals surface area contributed by atoms with E-state index in [1.54, 1.807) is 16.2 Å². The van der Waals surface area contributed by atoms with Gasteiger partial charge in [0.1, 0.15) is 0 Å². The number of amides is 2. The minimum atomic E-state index is -0.107. The van der Waals surface area contributed by atoms with E-state index in [0.717, 1.165) is 24.0 Å². The third-order valence-corrected chi connectivity index (χ3v) is 8.02. The highest BCUT2D eigenvalue weighted by molar-refractivity contribution is 7.10. The fraction of sp³-hybridized carbons (Fsp3) is 0.419. The average Bonchev–Trinajstić information content (AvgIpc) is 3.35. The van der Waals surface area contributed by atoms with Gasteiger partial charge in [0.15, 0.2) is 0 Å². The van der Waals surface area contributed by atoms with Gasteiger partial charge in [-0.3, -0.25) is 9.59 Å². The van der Waals surface area contributed by atoms with Crippen molar-refractivity contribution in [1.82, 2.24) is 9.80 Å². The van der Waals surface area contributed by atoms with E-state index in [-0.39, 0.29) is 29.8 Å². The molecule has 1 aliphatic rings. The quantitative estimate of drug-likeness (QED) is 0.358. The van der Waals surface area contributed by atoms with Crippen LogP contribution in [0.2, 0.25) is 0 Å². The van der Waals surface area contributed by atoms with Crippen LogP contribution >= 0.6 is 11.3 Å². The van der Waals surface area contributed by atoms with Gasteiger partial charge < -0.3 is 9.80 Å². The van der Waals surface area contributed by atoms with Crippen LogP contribution < -0.4 is 0 Å². The van der Waals surface area contributed by atoms with Crippen molar-refractivity contribution < 1.29 is 9.59 Å². The molecule has 0 N–H and O–H groups in total. The lowest BCUT2D eigenvalue weighted by Crippen LogP contribution is -2.47. The molecule has 1 unspecified atom stereocenters. The van der Waals surface area contributed by atoms with Gasteiger partial charge in [-0.2, -0.15) is 0 Å². The zero-order valence-electron chi connectivity index (χ0n) is 22.0. The summed E-state index contributed by atoms with van der Waals surface area (Å²) < 4.78 is 0. The first kappa shape index (κ1) is 26.2. The van der Waals surface area contributed by atoms with Gasteiger partial charge in [0.25, 0.3) is 0 Å². The van der Waals surface area contributed by atoms with Crippen LogP contribution in [0.1, 0.15) is 73.7 Å². The Morgan fingerprint density at radius 1 is 1.03 bits per heavy atom. The van der Waals surface area contributed by atoms with Crippen LogP contribution in [-0.4, -0.2) is 41.2 Å². The zero-order chi connectivity index (χ0) is 25.7. The summed E-state index contributed by atoms with van der Waals surface area (Å²) in [5.41, 5.74) is 4.86. The molecule has 0 radical (unpaired) electrons. The van der Waals surface area contributed by atoms with Gasteiger partial charge in [0.05, 0.1) is 12.6 Å². The first-order chi connectivity index (χ1) is 17.3. The Hall–Kier alpha value is -2.92. The van der Waals surface area contributed by atoms with Gasteiger partial charge in [-0.1, -0.05) is 82.3 Å². The second-order valence-corrected chi connectivity index (χ2v) is 11.7. The van der Waals surface area contributed by atoms with Crippen LogP contribution in [-0.2, 0) is 27.8 Å². The third kappa shape index (κ3) is 6.07. The minimum absolute atomic E-state index is 0.0262. The van der Waals surface area contributed by atoms with Crippen LogP contribution in [0.15, 0.2) is 66.0 Å². The first-order valence-corrected chi connectivity index (χ1v) is 13.9. The monoisotopic (exact) mass is 502 g/mol. The molecule has 3 aromatic rings. The van der Waals surface area contributed by atoms with Crippen molar-refractivity contribution in [2.75, 3.05) is 19.6 Å². The number of aryl methyl sites for hydroxylation is 1. The highest BCUT2D eigenvalue weighted by Crippen LogP contribution is 2.38. The number of nitrogens with zero attached hydrogens (tertiary/aromatic N) is 2. The number of carbonyl (C=O) groups excluding carboxylic acids is 2. The molecule has 0 aliphatic carbocycles. The van der Waals surface area contributed by atoms with Crippen molar-refractivity contribution in [2.45, 2.75) is 64.8 Å². The van der Waals surface area contributed by atoms with Gasteiger partial charge in [-0.15, -0.1) is 11.3 Å². The van der Waals surface area contributed by atoms with Gasteiger partial charge in [-0.25, -0.2) is 0 Å². The zero-order valence-corrected chi connectivity index (χ0v) is 22.8. The molecule has 4 rings (SSSR count). The molecular weight excluding hydrogens is 464 g/mol. The van der Waals surface area contributed by atoms with E-state index in [9.17, 15) is 9.59 Å². The second kappa shape index (κ2) is 11.4. The number of fused-ring (bicyclic) bond motifs is 1. The van der Waals surface area contributed by atoms with Crippen molar-refractivity contribution in [3.8, 4) is 0 Å². The standard InChI is InChI=1S/C31H38N2O2S/c1-5-19-32(28(34)16-11-23-9-7-6-8-10-23)22-29(35)33-20-17-27-26(18-21-36-27)30(33)24-12-14-25(15-13-24)31(2,3)4/h6-10,12-15,18,21,30H,5,11,16-17,19-20,22H2,1-4H3. The molecule has 1 aromatic heterocycles. The number of hydrogen-bond donors (Lipinski definition) is 0. The molecule has 0 fully saturated rings. The minimum Gasteiger partial charge on any atom is -0.333 e. The van der Waals surface area contributed by atoms with Crippen molar-refractivity contribution in [3.05, 3.63) is 93.2 Å². The maximum Gasteiger partial charge on any atom is 0.242 e. The fourth-order valence-electron chi connectivity index (χ4n) is 4.98. The lowest BCUT2D eigenvalue weighted by molar-refractivity contribution is -0.141. The van der Waals surface area contributed by atoms with E-state index in [4.69, 9.17) is 0 Å². The Bertz CT molecular complexity index is 1160. The average molecular weight is 503 g/mol. The summed E-state index contributed by atoms with van der Waals surface area (Å²) >= 11 is 1.77. The van der Waals surface area contributed by atoms with Crippen molar-refractivity contribution in [3.63, 3.8) is 0 Å². The van der Waals surface area contributed by atoms with Crippen LogP contribution in [0.4, 0.5) is 0 Å². The highest BCUT2D eigenvalue weighted by Gasteiger charge is 2.34. The lowest BCUT2D eigenvalue weighted by atomic mass is 9.85. The normalized spacial score (nSPS) is 15.4. The summed E-state index contributed by atoms with van der Waals surface area (Å²) in [5.74, 6) is 0.0756. The molecule has 0 saturated carbocycles. The molecule has 2 amide bonds. The van der Waals surface area contributed by atoms with E-state index >= 15 is 0 Å². The number of thiophene rings is 1. The molecule has 2 heterocycles. The topological polar surface area (TPSA) is 40.6 Å². The summed E-state index contributed by atoms with van der Waals surface area (Å²) in [6, 6.07) is 20.9. The molecule has 2 aromatic carbocycles. The van der Waals surface area contributed by atoms with Gasteiger partial charge >= 0.3 is 0 Å². The van der Waals surface area contributed by atoms with Crippen molar-refractivity contribution >= 4 is 23.2 Å². The summed E-state index contributed by atoms with van der Waals surface area (Å²) in [7, 11) is 0. The Morgan fingerprint density at radius 2 is 1.75 bits per heavy atom. The molecule has 0 spiro atoms. The highest BCUT2D eigenvalue weighted by atomic mass is 32.1. The third-order valence-electron chi connectivity index (χ3n) is 7.02. The number of carbonyl (C=O) groups is 2. The maximum absolute atomic E-state index is 13.7. The predicted octanol–water partition coefficient (Wildman–Crippen LogP) is 6.39. The van der Waals surface area contributed by atoms with Crippen LogP contribution in [0.25, 0.3) is 0 Å². The molecule has 1 aliphatic heterocycles. The number of rotatable bonds is 8. The van der Waals surface area contributed by atoms with Crippen molar-refractivity contribution in [1.29, 1.82) is 0 Å². The first-order valence-electron chi connectivity index (χ1n) is 13.1. The number of benzene rings is 2. The summed E-state index contributed by atoms with van der Waals surface area (Å²) in [6.45, 7) is 10.1. The number of hydrogen-bond acceptors (Lipinski definition) is 3. The summed E-state index contributed by atoms with van der Waals surface area (Å²) in [6.07, 6.45) is 2.81. The molecular formula is C31H38N2O2S. The maximum atomic E-state index is 13.7. The van der Waals surface area contributed by atoms with E-state index in [2.05, 4.69) is 63.4 Å². The molecule has 36 heavy (non-hydrogen) atoms. The largest absolute Gasteiger partial charge is 0.333 e. The van der Waals surface area contributed by atoms with E-state index in [1.807, 2.05) is 35.2 Å². The van der Waals surface area contributed by atoms with Gasteiger partial charge in [0, 0.05) is 24.4 Å². The Balaban J connectivity index is 1.53. The molecule has 4 nitrogen and oxygen atoms in total. The van der Waals surface area contributed by atoms with E-state index in [1.165, 1.54) is 16.0 Å². The lowest BCUT2D eigenvalue weighted by Gasteiger charge is -2.38. The molecule has 0 saturated heterocycles. The van der Waals surface area contributed by atoms with Crippen LogP contribution in [0, 0.1) is 0 Å². The Morgan fingerprint density at radius 3 is 2.42 bits per heavy atom. The van der Waals surface area contributed by atoms with Crippen LogP contribution in [0.3, 0.4) is 0 Å². The Kier molecular flexibility index (Phi) is 8.30. The molecule has 190 valence electrons. The SMILES string of the molecule is CCCN(CC(=O)N1CCc2sccc2C1c1ccc(C(C)(C)C)cc1)C(=O)CCc1ccccc1. The summed E-state index contributed by atoms with van der Waals surface area (Å²) in [5, 5.41) is 2.13. The fourth-order valence-corrected chi connectivity index (χ4v) is 5.88. The Labute approximate surface area is 219 Å². The predicted molar refractivity (Wildman–Crippen MR) is 148 cm³/mol. The molecule has 0 bridgehead atoms. The molecule has 5 heteroatoms. The smallest absolute Gasteiger partial charge is 0.242 e. The van der Waals surface area contributed by atoms with E-state index in [0.29, 0.717) is 25.9 Å². The van der Waals surface area contributed by atoms with Gasteiger partial charge in [-0.05, 0) is 58.4 Å². The second-order valence-electron chi connectivity index (χ2n) is 10.7.